The number of hydrogen-bond donors (Lipinski definition) is 0. The third kappa shape index (κ3) is 5.80. The molecule has 0 N–H and O–H groups in total. The van der Waals surface area contributed by atoms with Gasteiger partial charge in [-0.3, -0.25) is 0 Å². The Morgan fingerprint density at radius 3 is 1.95 bits per heavy atom. The number of piperidine rings is 1. The van der Waals surface area contributed by atoms with Gasteiger partial charge in [0.1, 0.15) is 6.71 Å². The molecule has 0 saturated carbocycles. The van der Waals surface area contributed by atoms with E-state index in [1.165, 1.54) is 51.3 Å². The molecule has 0 aliphatic carbocycles. The van der Waals surface area contributed by atoms with E-state index in [2.05, 4.69) is 27.7 Å². The lowest BCUT2D eigenvalue weighted by molar-refractivity contribution is 0.00578. The molecule has 4 fully saturated rings. The van der Waals surface area contributed by atoms with Crippen LogP contribution in [0.3, 0.4) is 0 Å². The summed E-state index contributed by atoms with van der Waals surface area (Å²) in [6.45, 7) is 12.5. The van der Waals surface area contributed by atoms with Crippen molar-refractivity contribution >= 4 is 23.9 Å². The zero-order chi connectivity index (χ0) is 27.2. The lowest BCUT2D eigenvalue weighted by Crippen LogP contribution is -2.45. The number of fused-ring (bicyclic) bond motifs is 2. The van der Waals surface area contributed by atoms with E-state index in [4.69, 9.17) is 9.31 Å². The van der Waals surface area contributed by atoms with Gasteiger partial charge in [-0.2, -0.15) is 4.31 Å². The highest BCUT2D eigenvalue weighted by Gasteiger charge is 2.54. The van der Waals surface area contributed by atoms with Gasteiger partial charge in [-0.25, -0.2) is 8.42 Å². The smallest absolute Gasteiger partial charge is 0.403 e. The predicted molar refractivity (Wildman–Crippen MR) is 157 cm³/mol. The first-order valence-electron chi connectivity index (χ1n) is 15.3. The molecule has 4 heterocycles. The minimum absolute atomic E-state index is 0.0598. The third-order valence-corrected chi connectivity index (χ3v) is 13.0. The minimum atomic E-state index is -3.47. The highest BCUT2D eigenvalue weighted by molar-refractivity contribution is 7.89. The lowest BCUT2D eigenvalue weighted by Gasteiger charge is -2.43. The molecule has 5 nitrogen and oxygen atoms in total. The Morgan fingerprint density at radius 1 is 0.895 bits per heavy atom. The highest BCUT2D eigenvalue weighted by atomic mass is 32.2. The molecule has 4 aliphatic heterocycles. The van der Waals surface area contributed by atoms with Crippen LogP contribution in [0.15, 0.2) is 29.2 Å². The fourth-order valence-electron chi connectivity index (χ4n) is 8.02. The molecule has 0 aromatic heterocycles. The van der Waals surface area contributed by atoms with Gasteiger partial charge in [-0.15, -0.1) is 0 Å². The maximum Gasteiger partial charge on any atom is 0.458 e. The maximum absolute atomic E-state index is 13.4. The molecule has 4 saturated heterocycles. The van der Waals surface area contributed by atoms with Gasteiger partial charge in [0.15, 0.2) is 0 Å². The topological polar surface area (TPSA) is 55.8 Å². The summed E-state index contributed by atoms with van der Waals surface area (Å²) in [4.78, 5) is 0.408. The molecule has 8 heteroatoms. The van der Waals surface area contributed by atoms with Crippen molar-refractivity contribution < 1.29 is 17.7 Å². The zero-order valence-electron chi connectivity index (χ0n) is 24.5. The molecular formula is C30H49B2NO4S. The number of aryl methyl sites for hydroxylation is 1. The molecule has 0 radical (unpaired) electrons. The standard InChI is InChI=1S/C30H49B2NO4S/c1-24-13-15-27(16-14-24)38(34,35)33-21-18-30(19-22-33,23-32-36-28(2,3)29(4,5)37-32)17-8-20-31-25-9-6-10-26(31)12-7-11-25/h13-16,25-26H,6-12,17-23H2,1-5H3. The largest absolute Gasteiger partial charge is 0.458 e. The third-order valence-electron chi connectivity index (χ3n) is 11.1. The van der Waals surface area contributed by atoms with E-state index < -0.39 is 10.0 Å². The first-order valence-corrected chi connectivity index (χ1v) is 16.8. The predicted octanol–water partition coefficient (Wildman–Crippen LogP) is 7.24. The molecule has 2 bridgehead atoms. The SMILES string of the molecule is Cc1ccc(S(=O)(=O)N2CCC(CCCB3C4CCCC3CCC4)(CB3OC(C)(C)C(C)(C)O3)CC2)cc1. The Hall–Kier alpha value is -0.820. The van der Waals surface area contributed by atoms with Crippen molar-refractivity contribution in [2.75, 3.05) is 13.1 Å². The van der Waals surface area contributed by atoms with Crippen LogP contribution in [-0.4, -0.2) is 50.8 Å². The summed E-state index contributed by atoms with van der Waals surface area (Å²) in [6.07, 6.45) is 14.9. The number of rotatable bonds is 8. The van der Waals surface area contributed by atoms with E-state index in [0.29, 0.717) is 18.0 Å². The van der Waals surface area contributed by atoms with Gasteiger partial charge >= 0.3 is 7.12 Å². The zero-order valence-corrected chi connectivity index (χ0v) is 25.3. The van der Waals surface area contributed by atoms with Crippen LogP contribution in [0.2, 0.25) is 24.3 Å². The Labute approximate surface area is 233 Å². The first-order chi connectivity index (χ1) is 17.9. The highest BCUT2D eigenvalue weighted by Crippen LogP contribution is 2.50. The van der Waals surface area contributed by atoms with Crippen LogP contribution in [0.5, 0.6) is 0 Å². The Kier molecular flexibility index (Phi) is 8.21. The van der Waals surface area contributed by atoms with Crippen molar-refractivity contribution in [1.82, 2.24) is 4.31 Å². The van der Waals surface area contributed by atoms with Crippen molar-refractivity contribution in [3.05, 3.63) is 29.8 Å². The molecule has 1 aromatic carbocycles. The Bertz CT molecular complexity index is 1030. The Balaban J connectivity index is 1.28. The quantitative estimate of drug-likeness (QED) is 0.326. The van der Waals surface area contributed by atoms with E-state index in [9.17, 15) is 8.42 Å². The molecule has 0 unspecified atom stereocenters. The van der Waals surface area contributed by atoms with Crippen molar-refractivity contribution in [2.24, 2.45) is 5.41 Å². The summed E-state index contributed by atoms with van der Waals surface area (Å²) in [5, 5.41) is 0. The maximum atomic E-state index is 13.4. The van der Waals surface area contributed by atoms with Crippen LogP contribution in [0.4, 0.5) is 0 Å². The summed E-state index contributed by atoms with van der Waals surface area (Å²) in [5.41, 5.74) is 0.456. The van der Waals surface area contributed by atoms with Gasteiger partial charge in [0, 0.05) is 13.1 Å². The van der Waals surface area contributed by atoms with Crippen LogP contribution < -0.4 is 0 Å². The van der Waals surface area contributed by atoms with Crippen LogP contribution in [-0.2, 0) is 19.3 Å². The van der Waals surface area contributed by atoms with Gasteiger partial charge in [0.05, 0.1) is 16.1 Å². The van der Waals surface area contributed by atoms with E-state index in [1.807, 2.05) is 19.1 Å². The first kappa shape index (κ1) is 28.7. The molecule has 0 amide bonds. The number of benzene rings is 1. The van der Waals surface area contributed by atoms with Crippen LogP contribution in [0, 0.1) is 12.3 Å². The summed E-state index contributed by atoms with van der Waals surface area (Å²) in [6, 6.07) is 7.27. The van der Waals surface area contributed by atoms with Crippen molar-refractivity contribution in [1.29, 1.82) is 0 Å². The van der Waals surface area contributed by atoms with Crippen LogP contribution in [0.1, 0.15) is 97.5 Å². The van der Waals surface area contributed by atoms with Gasteiger partial charge in [-0.05, 0) is 77.7 Å². The van der Waals surface area contributed by atoms with E-state index >= 15 is 0 Å². The Morgan fingerprint density at radius 2 is 1.42 bits per heavy atom. The minimum Gasteiger partial charge on any atom is -0.403 e. The summed E-state index contributed by atoms with van der Waals surface area (Å²) in [5.74, 6) is 1.89. The second-order valence-electron chi connectivity index (χ2n) is 14.0. The van der Waals surface area contributed by atoms with E-state index in [1.54, 1.807) is 16.4 Å². The van der Waals surface area contributed by atoms with Gasteiger partial charge in [-0.1, -0.05) is 80.6 Å². The van der Waals surface area contributed by atoms with Gasteiger partial charge in [0.25, 0.3) is 0 Å². The van der Waals surface area contributed by atoms with Crippen molar-refractivity contribution in [3.63, 3.8) is 0 Å². The average molecular weight is 541 g/mol. The molecular weight excluding hydrogens is 492 g/mol. The van der Waals surface area contributed by atoms with E-state index in [0.717, 1.165) is 49.5 Å². The summed E-state index contributed by atoms with van der Waals surface area (Å²) in [7, 11) is -3.70. The molecule has 1 aromatic rings. The number of sulfonamides is 1. The fourth-order valence-corrected chi connectivity index (χ4v) is 9.46. The van der Waals surface area contributed by atoms with Crippen molar-refractivity contribution in [2.45, 2.75) is 139 Å². The molecule has 4 aliphatic rings. The second kappa shape index (κ2) is 10.9. The molecule has 0 atom stereocenters. The number of hydrogen-bond acceptors (Lipinski definition) is 4. The normalized spacial score (nSPS) is 29.0. The lowest BCUT2D eigenvalue weighted by atomic mass is 9.25. The number of nitrogens with zero attached hydrogens (tertiary/aromatic N) is 1. The summed E-state index contributed by atoms with van der Waals surface area (Å²) < 4.78 is 41.5. The van der Waals surface area contributed by atoms with Crippen LogP contribution in [0.25, 0.3) is 0 Å². The van der Waals surface area contributed by atoms with E-state index in [-0.39, 0.29) is 23.7 Å². The van der Waals surface area contributed by atoms with Crippen LogP contribution >= 0.6 is 0 Å². The fraction of sp³-hybridized carbons (Fsp3) is 0.800. The second-order valence-corrected chi connectivity index (χ2v) is 16.0. The summed E-state index contributed by atoms with van der Waals surface area (Å²) >= 11 is 0. The van der Waals surface area contributed by atoms with Gasteiger partial charge in [0.2, 0.25) is 10.0 Å². The molecule has 0 spiro atoms. The monoisotopic (exact) mass is 541 g/mol. The van der Waals surface area contributed by atoms with Gasteiger partial charge < -0.3 is 9.31 Å². The molecule has 38 heavy (non-hydrogen) atoms. The molecule has 210 valence electrons. The molecule has 5 rings (SSSR count). The van der Waals surface area contributed by atoms with Crippen molar-refractivity contribution in [3.8, 4) is 0 Å². The average Bonchev–Trinajstić information content (AvgIpc) is 3.04.